The van der Waals surface area contributed by atoms with Crippen molar-refractivity contribution in [1.29, 1.82) is 5.26 Å². The first kappa shape index (κ1) is 17.8. The zero-order valence-electron chi connectivity index (χ0n) is 15.9. The Labute approximate surface area is 171 Å². The first-order chi connectivity index (χ1) is 14.5. The van der Waals surface area contributed by atoms with Gasteiger partial charge in [-0.05, 0) is 30.3 Å². The topological polar surface area (TPSA) is 118 Å². The van der Waals surface area contributed by atoms with Gasteiger partial charge in [-0.3, -0.25) is 9.69 Å². The molecule has 5 rings (SSSR count). The van der Waals surface area contributed by atoms with Crippen molar-refractivity contribution in [3.8, 4) is 11.8 Å². The number of fused-ring (bicyclic) bond motifs is 3. The Morgan fingerprint density at radius 3 is 2.63 bits per heavy atom. The highest BCUT2D eigenvalue weighted by Crippen LogP contribution is 2.54. The van der Waals surface area contributed by atoms with Crippen molar-refractivity contribution in [1.82, 2.24) is 0 Å². The smallest absolute Gasteiger partial charge is 0.338 e. The third kappa shape index (κ3) is 2.03. The molecule has 0 radical (unpaired) electrons. The van der Waals surface area contributed by atoms with E-state index in [4.69, 9.17) is 15.2 Å². The zero-order valence-corrected chi connectivity index (χ0v) is 15.9. The summed E-state index contributed by atoms with van der Waals surface area (Å²) in [6, 6.07) is 16.1. The van der Waals surface area contributed by atoms with Gasteiger partial charge in [0.25, 0.3) is 0 Å². The quantitative estimate of drug-likeness (QED) is 0.740. The maximum Gasteiger partial charge on any atom is 0.338 e. The Balaban J connectivity index is 1.82. The molecule has 2 aromatic rings. The van der Waals surface area contributed by atoms with Crippen LogP contribution >= 0.6 is 0 Å². The van der Waals surface area contributed by atoms with E-state index < -0.39 is 17.3 Å². The third-order valence-corrected chi connectivity index (χ3v) is 5.71. The minimum absolute atomic E-state index is 0.0154. The molecule has 3 heterocycles. The molecule has 0 aromatic heterocycles. The maximum absolute atomic E-state index is 13.3. The highest BCUT2D eigenvalue weighted by molar-refractivity contribution is 6.18. The van der Waals surface area contributed by atoms with E-state index in [1.54, 1.807) is 60.5 Å². The normalized spacial score (nSPS) is 21.9. The minimum Gasteiger partial charge on any atom is -0.497 e. The van der Waals surface area contributed by atoms with Crippen LogP contribution in [0.3, 0.4) is 0 Å². The predicted molar refractivity (Wildman–Crippen MR) is 107 cm³/mol. The highest BCUT2D eigenvalue weighted by atomic mass is 16.5. The molecular weight excluding hydrogens is 384 g/mol. The SMILES string of the molecule is COc1ccc(N2C(N)=C(C#N)[C@@]3(C(=O)Nc4ccccc43)C3=C2COC3=O)cc1. The van der Waals surface area contributed by atoms with Gasteiger partial charge in [-0.15, -0.1) is 0 Å². The predicted octanol–water partition coefficient (Wildman–Crippen LogP) is 1.91. The second kappa shape index (κ2) is 6.12. The average molecular weight is 400 g/mol. The number of methoxy groups -OCH3 is 1. The number of nitrogens with one attached hydrogen (secondary N) is 1. The van der Waals surface area contributed by atoms with E-state index in [1.165, 1.54) is 0 Å². The van der Waals surface area contributed by atoms with Gasteiger partial charge in [-0.2, -0.15) is 5.26 Å². The fourth-order valence-corrected chi connectivity index (χ4v) is 4.44. The van der Waals surface area contributed by atoms with E-state index in [-0.39, 0.29) is 23.6 Å². The molecule has 0 saturated carbocycles. The number of hydrogen-bond acceptors (Lipinski definition) is 7. The van der Waals surface area contributed by atoms with Crippen molar-refractivity contribution in [3.63, 3.8) is 0 Å². The number of carbonyl (C=O) groups is 2. The number of anilines is 2. The summed E-state index contributed by atoms with van der Waals surface area (Å²) >= 11 is 0. The van der Waals surface area contributed by atoms with E-state index in [0.29, 0.717) is 28.4 Å². The lowest BCUT2D eigenvalue weighted by molar-refractivity contribution is -0.137. The molecule has 3 aliphatic heterocycles. The van der Waals surface area contributed by atoms with Crippen LogP contribution in [-0.2, 0) is 19.7 Å². The molecule has 0 aliphatic carbocycles. The van der Waals surface area contributed by atoms with Crippen LogP contribution in [0.15, 0.2) is 71.2 Å². The van der Waals surface area contributed by atoms with Crippen molar-refractivity contribution in [2.45, 2.75) is 5.41 Å². The molecule has 0 unspecified atom stereocenters. The number of cyclic esters (lactones) is 1. The van der Waals surface area contributed by atoms with Crippen LogP contribution in [0.25, 0.3) is 0 Å². The lowest BCUT2D eigenvalue weighted by atomic mass is 9.67. The molecule has 8 heteroatoms. The molecule has 3 N–H and O–H groups in total. The number of rotatable bonds is 2. The Kier molecular flexibility index (Phi) is 3.64. The number of para-hydroxylation sites is 1. The van der Waals surface area contributed by atoms with Gasteiger partial charge in [0.2, 0.25) is 5.91 Å². The molecule has 0 fully saturated rings. The number of hydrogen-bond donors (Lipinski definition) is 2. The van der Waals surface area contributed by atoms with Gasteiger partial charge in [0, 0.05) is 16.9 Å². The molecule has 148 valence electrons. The van der Waals surface area contributed by atoms with Crippen LogP contribution in [0, 0.1) is 11.3 Å². The summed E-state index contributed by atoms with van der Waals surface area (Å²) in [5, 5.41) is 12.9. The number of carbonyl (C=O) groups excluding carboxylic acids is 2. The van der Waals surface area contributed by atoms with Crippen molar-refractivity contribution >= 4 is 23.3 Å². The summed E-state index contributed by atoms with van der Waals surface area (Å²) in [5.41, 5.74) is 7.05. The fourth-order valence-electron chi connectivity index (χ4n) is 4.44. The number of benzene rings is 2. The number of amides is 1. The van der Waals surface area contributed by atoms with Crippen LogP contribution < -0.4 is 20.7 Å². The zero-order chi connectivity index (χ0) is 21.0. The molecule has 30 heavy (non-hydrogen) atoms. The van der Waals surface area contributed by atoms with E-state index in [1.807, 2.05) is 0 Å². The third-order valence-electron chi connectivity index (χ3n) is 5.71. The van der Waals surface area contributed by atoms with Crippen LogP contribution in [0.2, 0.25) is 0 Å². The lowest BCUT2D eigenvalue weighted by Gasteiger charge is -2.38. The molecule has 0 saturated heterocycles. The number of esters is 1. The molecule has 1 atom stereocenters. The van der Waals surface area contributed by atoms with E-state index >= 15 is 0 Å². The Bertz CT molecular complexity index is 1220. The Morgan fingerprint density at radius 1 is 1.20 bits per heavy atom. The van der Waals surface area contributed by atoms with Crippen LogP contribution in [0.4, 0.5) is 11.4 Å². The summed E-state index contributed by atoms with van der Waals surface area (Å²) in [5.74, 6) is -0.418. The second-order valence-corrected chi connectivity index (χ2v) is 7.05. The van der Waals surface area contributed by atoms with Gasteiger partial charge in [0.15, 0.2) is 0 Å². The number of nitrogens with two attached hydrogens (primary N) is 1. The highest BCUT2D eigenvalue weighted by Gasteiger charge is 2.61. The van der Waals surface area contributed by atoms with Gasteiger partial charge >= 0.3 is 5.97 Å². The average Bonchev–Trinajstić information content (AvgIpc) is 3.27. The molecule has 1 spiro atoms. The first-order valence-corrected chi connectivity index (χ1v) is 9.20. The number of ether oxygens (including phenoxy) is 2. The van der Waals surface area contributed by atoms with Gasteiger partial charge in [0.1, 0.15) is 29.7 Å². The van der Waals surface area contributed by atoms with Crippen molar-refractivity contribution in [2.75, 3.05) is 23.9 Å². The lowest BCUT2D eigenvalue weighted by Crippen LogP contribution is -2.48. The van der Waals surface area contributed by atoms with Gasteiger partial charge < -0.3 is 20.5 Å². The summed E-state index contributed by atoms with van der Waals surface area (Å²) in [6.45, 7) is -0.0587. The van der Waals surface area contributed by atoms with Gasteiger partial charge in [0.05, 0.1) is 24.0 Å². The molecule has 3 aliphatic rings. The van der Waals surface area contributed by atoms with Crippen molar-refractivity contribution < 1.29 is 19.1 Å². The van der Waals surface area contributed by atoms with Crippen LogP contribution in [0.5, 0.6) is 5.75 Å². The molecule has 1 amide bonds. The summed E-state index contributed by atoms with van der Waals surface area (Å²) in [6.07, 6.45) is 0. The standard InChI is InChI=1S/C22H16N4O4/c1-29-13-8-6-12(7-9-13)26-17-11-30-20(27)18(17)22(15(10-23)19(26)24)14-4-2-3-5-16(14)25-21(22)28/h2-9H,11,24H2,1H3,(H,25,28)/t22-/m1/s1. The monoisotopic (exact) mass is 400 g/mol. The van der Waals surface area contributed by atoms with E-state index in [2.05, 4.69) is 11.4 Å². The largest absolute Gasteiger partial charge is 0.497 e. The summed E-state index contributed by atoms with van der Waals surface area (Å²) in [7, 11) is 1.56. The van der Waals surface area contributed by atoms with Crippen LogP contribution in [-0.4, -0.2) is 25.6 Å². The molecule has 0 bridgehead atoms. The van der Waals surface area contributed by atoms with Crippen molar-refractivity contribution in [2.24, 2.45) is 5.73 Å². The van der Waals surface area contributed by atoms with Crippen LogP contribution in [0.1, 0.15) is 5.56 Å². The molecule has 2 aromatic carbocycles. The van der Waals surface area contributed by atoms with Crippen molar-refractivity contribution in [3.05, 3.63) is 76.8 Å². The fraction of sp³-hybridized carbons (Fsp3) is 0.136. The van der Waals surface area contributed by atoms with E-state index in [0.717, 1.165) is 0 Å². The Morgan fingerprint density at radius 2 is 1.93 bits per heavy atom. The van der Waals surface area contributed by atoms with Gasteiger partial charge in [-0.1, -0.05) is 18.2 Å². The molecule has 8 nitrogen and oxygen atoms in total. The maximum atomic E-state index is 13.3. The number of nitriles is 1. The minimum atomic E-state index is -1.64. The van der Waals surface area contributed by atoms with Gasteiger partial charge in [-0.25, -0.2) is 4.79 Å². The summed E-state index contributed by atoms with van der Waals surface area (Å²) < 4.78 is 10.5. The molecular formula is C22H16N4O4. The second-order valence-electron chi connectivity index (χ2n) is 7.05. The Hall–Kier alpha value is -4.25. The first-order valence-electron chi connectivity index (χ1n) is 9.20. The summed E-state index contributed by atoms with van der Waals surface area (Å²) in [4.78, 5) is 27.8. The van der Waals surface area contributed by atoms with E-state index in [9.17, 15) is 14.9 Å². The number of nitrogens with zero attached hydrogens (tertiary/aromatic N) is 2.